The van der Waals surface area contributed by atoms with Crippen LogP contribution in [0.1, 0.15) is 0 Å². The zero-order valence-corrected chi connectivity index (χ0v) is 14.4. The second kappa shape index (κ2) is 6.18. The van der Waals surface area contributed by atoms with E-state index in [2.05, 4.69) is 10.1 Å². The summed E-state index contributed by atoms with van der Waals surface area (Å²) in [5.74, 6) is 1.03. The Kier molecular flexibility index (Phi) is 3.85. The number of rotatable bonds is 3. The zero-order valence-electron chi connectivity index (χ0n) is 13.6. The highest BCUT2D eigenvalue weighted by Crippen LogP contribution is 2.25. The summed E-state index contributed by atoms with van der Waals surface area (Å²) in [5, 5.41) is 18.3. The molecule has 0 aliphatic heterocycles. The number of hydrogen-bond donors (Lipinski definition) is 0. The van der Waals surface area contributed by atoms with Crippen molar-refractivity contribution >= 4 is 28.2 Å². The molecule has 0 fully saturated rings. The monoisotopic (exact) mass is 350 g/mol. The number of aromatic nitrogens is 4. The maximum atomic E-state index is 12.6. The van der Waals surface area contributed by atoms with Crippen LogP contribution in [0.4, 0.5) is 0 Å². The van der Waals surface area contributed by atoms with E-state index in [1.807, 2.05) is 54.8 Å². The van der Waals surface area contributed by atoms with E-state index in [1.54, 1.807) is 11.6 Å². The Bertz CT molecular complexity index is 1080. The molecule has 4 aromatic rings. The van der Waals surface area contributed by atoms with Gasteiger partial charge in [0.1, 0.15) is 5.75 Å². The SMILES string of the molecule is COc1ccc(-c2nc3ccccc3c3c([O-])nc(SC)n[n+]23)cc1. The van der Waals surface area contributed by atoms with Gasteiger partial charge in [-0.25, -0.2) is 4.98 Å². The minimum absolute atomic E-state index is 0.312. The van der Waals surface area contributed by atoms with Gasteiger partial charge in [0.15, 0.2) is 11.0 Å². The Morgan fingerprint density at radius 3 is 2.52 bits per heavy atom. The summed E-state index contributed by atoms with van der Waals surface area (Å²) >= 11 is 1.32. The third kappa shape index (κ3) is 2.62. The molecule has 0 bridgehead atoms. The summed E-state index contributed by atoms with van der Waals surface area (Å²) in [5.41, 5.74) is 1.99. The van der Waals surface area contributed by atoms with Crippen molar-refractivity contribution < 1.29 is 14.4 Å². The van der Waals surface area contributed by atoms with Crippen LogP contribution in [0.15, 0.2) is 53.7 Å². The van der Waals surface area contributed by atoms with Crippen LogP contribution in [0, 0.1) is 0 Å². The number of para-hydroxylation sites is 1. The molecule has 6 nitrogen and oxygen atoms in total. The van der Waals surface area contributed by atoms with Crippen LogP contribution in [-0.2, 0) is 0 Å². The van der Waals surface area contributed by atoms with Gasteiger partial charge < -0.3 is 9.84 Å². The predicted octanol–water partition coefficient (Wildman–Crippen LogP) is 2.23. The van der Waals surface area contributed by atoms with Crippen molar-refractivity contribution in [2.45, 2.75) is 5.16 Å². The standard InChI is InChI=1S/C18H14N4O2S/c1-24-12-9-7-11(8-10-12)16-19-14-6-4-3-5-13(14)15-17(23)20-18(25-2)21-22(15)16/h3-10H,1-2H3. The molecule has 2 heterocycles. The van der Waals surface area contributed by atoms with Crippen LogP contribution in [0.3, 0.4) is 0 Å². The predicted molar refractivity (Wildman–Crippen MR) is 93.7 cm³/mol. The number of thioether (sulfide) groups is 1. The molecule has 0 aliphatic rings. The van der Waals surface area contributed by atoms with Gasteiger partial charge in [-0.05, 0) is 52.7 Å². The second-order valence-corrected chi connectivity index (χ2v) is 6.12. The van der Waals surface area contributed by atoms with Gasteiger partial charge in [0.25, 0.3) is 0 Å². The first-order valence-electron chi connectivity index (χ1n) is 7.59. The molecule has 2 aromatic carbocycles. The molecule has 0 spiro atoms. The van der Waals surface area contributed by atoms with E-state index >= 15 is 0 Å². The van der Waals surface area contributed by atoms with Crippen molar-refractivity contribution in [3.05, 3.63) is 48.5 Å². The Balaban J connectivity index is 2.11. The van der Waals surface area contributed by atoms with Crippen molar-refractivity contribution in [2.24, 2.45) is 0 Å². The van der Waals surface area contributed by atoms with E-state index in [1.165, 1.54) is 11.8 Å². The fourth-order valence-corrected chi connectivity index (χ4v) is 3.05. The molecular weight excluding hydrogens is 336 g/mol. The Morgan fingerprint density at radius 2 is 1.80 bits per heavy atom. The van der Waals surface area contributed by atoms with Crippen molar-refractivity contribution in [1.82, 2.24) is 15.1 Å². The van der Waals surface area contributed by atoms with Crippen LogP contribution >= 0.6 is 11.8 Å². The molecule has 0 saturated carbocycles. The lowest BCUT2D eigenvalue weighted by Gasteiger charge is -2.10. The maximum Gasteiger partial charge on any atom is 0.356 e. The molecule has 0 amide bonds. The van der Waals surface area contributed by atoms with Gasteiger partial charge in [0, 0.05) is 5.88 Å². The van der Waals surface area contributed by atoms with Crippen LogP contribution in [-0.4, -0.2) is 28.4 Å². The molecular formula is C18H14N4O2S. The first-order valence-corrected chi connectivity index (χ1v) is 8.82. The number of ether oxygens (including phenoxy) is 1. The fourth-order valence-electron chi connectivity index (χ4n) is 2.72. The normalized spacial score (nSPS) is 11.1. The quantitative estimate of drug-likeness (QED) is 0.320. The highest BCUT2D eigenvalue weighted by molar-refractivity contribution is 7.98. The van der Waals surface area contributed by atoms with E-state index in [0.29, 0.717) is 16.5 Å². The largest absolute Gasteiger partial charge is 0.856 e. The molecule has 0 radical (unpaired) electrons. The van der Waals surface area contributed by atoms with Crippen molar-refractivity contribution in [2.75, 3.05) is 13.4 Å². The summed E-state index contributed by atoms with van der Waals surface area (Å²) < 4.78 is 6.80. The number of hydrogen-bond acceptors (Lipinski definition) is 6. The van der Waals surface area contributed by atoms with Crippen molar-refractivity contribution in [3.63, 3.8) is 0 Å². The molecule has 25 heavy (non-hydrogen) atoms. The van der Waals surface area contributed by atoms with Gasteiger partial charge in [-0.3, -0.25) is 0 Å². The van der Waals surface area contributed by atoms with E-state index in [9.17, 15) is 5.11 Å². The Morgan fingerprint density at radius 1 is 1.04 bits per heavy atom. The Labute approximate surface area is 148 Å². The number of fused-ring (bicyclic) bond motifs is 3. The molecule has 4 rings (SSSR count). The zero-order chi connectivity index (χ0) is 17.4. The molecule has 0 aliphatic carbocycles. The molecule has 0 unspecified atom stereocenters. The third-order valence-corrected chi connectivity index (χ3v) is 4.45. The minimum atomic E-state index is -0.312. The van der Waals surface area contributed by atoms with E-state index < -0.39 is 0 Å². The fraction of sp³-hybridized carbons (Fsp3) is 0.111. The lowest BCUT2D eigenvalue weighted by Crippen LogP contribution is -2.33. The van der Waals surface area contributed by atoms with Gasteiger partial charge in [-0.15, -0.1) is 0 Å². The minimum Gasteiger partial charge on any atom is -0.856 e. The molecule has 124 valence electrons. The van der Waals surface area contributed by atoms with Crippen LogP contribution in [0.2, 0.25) is 0 Å². The summed E-state index contributed by atoms with van der Waals surface area (Å²) in [6.07, 6.45) is 1.84. The maximum absolute atomic E-state index is 12.6. The Hall–Kier alpha value is -2.93. The first kappa shape index (κ1) is 15.6. The molecule has 0 saturated heterocycles. The van der Waals surface area contributed by atoms with Crippen molar-refractivity contribution in [1.29, 1.82) is 0 Å². The summed E-state index contributed by atoms with van der Waals surface area (Å²) in [4.78, 5) is 8.79. The van der Waals surface area contributed by atoms with Gasteiger partial charge in [-0.1, -0.05) is 28.4 Å². The highest BCUT2D eigenvalue weighted by atomic mass is 32.2. The lowest BCUT2D eigenvalue weighted by molar-refractivity contribution is -0.579. The van der Waals surface area contributed by atoms with E-state index in [4.69, 9.17) is 9.72 Å². The topological polar surface area (TPSA) is 75.1 Å². The number of methoxy groups -OCH3 is 1. The summed E-state index contributed by atoms with van der Waals surface area (Å²) in [7, 11) is 1.62. The summed E-state index contributed by atoms with van der Waals surface area (Å²) in [6.45, 7) is 0. The molecule has 2 aromatic heterocycles. The molecule has 0 atom stereocenters. The van der Waals surface area contributed by atoms with Crippen LogP contribution in [0.25, 0.3) is 27.8 Å². The average molecular weight is 350 g/mol. The smallest absolute Gasteiger partial charge is 0.356 e. The third-order valence-electron chi connectivity index (χ3n) is 3.91. The van der Waals surface area contributed by atoms with Crippen LogP contribution < -0.4 is 14.4 Å². The van der Waals surface area contributed by atoms with Gasteiger partial charge in [-0.2, -0.15) is 0 Å². The van der Waals surface area contributed by atoms with Gasteiger partial charge in [0.05, 0.1) is 18.1 Å². The van der Waals surface area contributed by atoms with E-state index in [-0.39, 0.29) is 5.88 Å². The summed E-state index contributed by atoms with van der Waals surface area (Å²) in [6, 6.07) is 15.0. The van der Waals surface area contributed by atoms with Crippen LogP contribution in [0.5, 0.6) is 11.6 Å². The highest BCUT2D eigenvalue weighted by Gasteiger charge is 2.22. The number of nitrogens with zero attached hydrogens (tertiary/aromatic N) is 4. The second-order valence-electron chi connectivity index (χ2n) is 5.35. The number of benzene rings is 2. The first-order chi connectivity index (χ1) is 12.2. The molecule has 7 heteroatoms. The van der Waals surface area contributed by atoms with E-state index in [0.717, 1.165) is 22.2 Å². The van der Waals surface area contributed by atoms with Crippen molar-refractivity contribution in [3.8, 4) is 23.0 Å². The molecule has 0 N–H and O–H groups in total. The van der Waals surface area contributed by atoms with Gasteiger partial charge in [0.2, 0.25) is 5.16 Å². The lowest BCUT2D eigenvalue weighted by atomic mass is 10.1. The average Bonchev–Trinajstić information content (AvgIpc) is 2.67. The van der Waals surface area contributed by atoms with Gasteiger partial charge >= 0.3 is 5.82 Å².